The minimum absolute atomic E-state index is 0.00930. The first kappa shape index (κ1) is 16.5. The van der Waals surface area contributed by atoms with Gasteiger partial charge in [-0.2, -0.15) is 0 Å². The van der Waals surface area contributed by atoms with E-state index in [4.69, 9.17) is 0 Å². The summed E-state index contributed by atoms with van der Waals surface area (Å²) >= 11 is 0. The van der Waals surface area contributed by atoms with Gasteiger partial charge >= 0.3 is 0 Å². The summed E-state index contributed by atoms with van der Waals surface area (Å²) in [6.45, 7) is 4.02. The standard InChI is InChI=1S/C19H19NO3S/c1-2-13-20-18(21)14-17(19(20)15-9-5-3-6-10-15)24(22,23)16-11-7-4-8-12-16/h2-12,17,19H,1,13-14H2/t17-,19+/m0/s1. The molecule has 2 atom stereocenters. The second-order valence-corrected chi connectivity index (χ2v) is 7.96. The molecule has 0 saturated carbocycles. The number of hydrogen-bond acceptors (Lipinski definition) is 3. The topological polar surface area (TPSA) is 54.5 Å². The maximum absolute atomic E-state index is 13.1. The van der Waals surface area contributed by atoms with Crippen molar-refractivity contribution in [2.24, 2.45) is 0 Å². The second-order valence-electron chi connectivity index (χ2n) is 5.79. The van der Waals surface area contributed by atoms with Crippen LogP contribution in [-0.4, -0.2) is 31.0 Å². The van der Waals surface area contributed by atoms with Gasteiger partial charge in [0, 0.05) is 13.0 Å². The van der Waals surface area contributed by atoms with E-state index in [9.17, 15) is 13.2 Å². The summed E-state index contributed by atoms with van der Waals surface area (Å²) < 4.78 is 26.2. The van der Waals surface area contributed by atoms with E-state index in [-0.39, 0.29) is 17.2 Å². The van der Waals surface area contributed by atoms with Crippen LogP contribution in [0.15, 0.2) is 78.2 Å². The fourth-order valence-corrected chi connectivity index (χ4v) is 5.11. The van der Waals surface area contributed by atoms with Crippen molar-refractivity contribution in [3.8, 4) is 0 Å². The lowest BCUT2D eigenvalue weighted by Crippen LogP contribution is -2.33. The Balaban J connectivity index is 2.09. The van der Waals surface area contributed by atoms with Gasteiger partial charge in [-0.1, -0.05) is 54.6 Å². The third-order valence-electron chi connectivity index (χ3n) is 4.32. The Morgan fingerprint density at radius 1 is 1.04 bits per heavy atom. The van der Waals surface area contributed by atoms with Crippen molar-refractivity contribution >= 4 is 15.7 Å². The predicted molar refractivity (Wildman–Crippen MR) is 93.1 cm³/mol. The quantitative estimate of drug-likeness (QED) is 0.786. The van der Waals surface area contributed by atoms with Gasteiger partial charge < -0.3 is 4.90 Å². The molecule has 1 amide bonds. The molecule has 1 saturated heterocycles. The fraction of sp³-hybridized carbons (Fsp3) is 0.211. The molecule has 0 aromatic heterocycles. The van der Waals surface area contributed by atoms with Gasteiger partial charge in [0.2, 0.25) is 5.91 Å². The lowest BCUT2D eigenvalue weighted by atomic mass is 10.0. The molecule has 1 aliphatic rings. The molecule has 0 radical (unpaired) electrons. The highest BCUT2D eigenvalue weighted by atomic mass is 32.2. The van der Waals surface area contributed by atoms with Crippen LogP contribution in [0.2, 0.25) is 0 Å². The molecule has 0 unspecified atom stereocenters. The van der Waals surface area contributed by atoms with Crippen molar-refractivity contribution in [1.82, 2.24) is 4.90 Å². The summed E-state index contributed by atoms with van der Waals surface area (Å²) in [7, 11) is -3.62. The third-order valence-corrected chi connectivity index (χ3v) is 6.47. The van der Waals surface area contributed by atoms with E-state index in [2.05, 4.69) is 6.58 Å². The Labute approximate surface area is 142 Å². The molecule has 1 heterocycles. The second kappa shape index (κ2) is 6.61. The molecule has 1 fully saturated rings. The molecular formula is C19H19NO3S. The van der Waals surface area contributed by atoms with Crippen LogP contribution < -0.4 is 0 Å². The summed E-state index contributed by atoms with van der Waals surface area (Å²) in [5.41, 5.74) is 0.828. The molecule has 2 aromatic rings. The van der Waals surface area contributed by atoms with Crippen LogP contribution in [0, 0.1) is 0 Å². The molecule has 24 heavy (non-hydrogen) atoms. The largest absolute Gasteiger partial charge is 0.331 e. The highest BCUT2D eigenvalue weighted by molar-refractivity contribution is 7.92. The minimum Gasteiger partial charge on any atom is -0.331 e. The highest BCUT2D eigenvalue weighted by Crippen LogP contribution is 2.39. The number of benzene rings is 2. The van der Waals surface area contributed by atoms with E-state index in [0.717, 1.165) is 5.56 Å². The van der Waals surface area contributed by atoms with E-state index in [0.29, 0.717) is 6.54 Å². The van der Waals surface area contributed by atoms with E-state index in [1.54, 1.807) is 41.3 Å². The number of sulfone groups is 1. The SMILES string of the molecule is C=CCN1C(=O)C[C@H](S(=O)(=O)c2ccccc2)[C@H]1c1ccccc1. The maximum Gasteiger partial charge on any atom is 0.224 e. The Kier molecular flexibility index (Phi) is 4.53. The zero-order valence-corrected chi connectivity index (χ0v) is 14.0. The minimum atomic E-state index is -3.62. The number of rotatable bonds is 5. The predicted octanol–water partition coefficient (Wildman–Crippen LogP) is 2.99. The third kappa shape index (κ3) is 2.87. The normalized spacial score (nSPS) is 21.0. The summed E-state index contributed by atoms with van der Waals surface area (Å²) in [5.74, 6) is -0.159. The van der Waals surface area contributed by atoms with E-state index >= 15 is 0 Å². The first-order chi connectivity index (χ1) is 11.6. The monoisotopic (exact) mass is 341 g/mol. The Hall–Kier alpha value is -2.40. The molecule has 0 bridgehead atoms. The molecule has 4 nitrogen and oxygen atoms in total. The number of carbonyl (C=O) groups is 1. The summed E-state index contributed by atoms with van der Waals surface area (Å²) in [6, 6.07) is 17.2. The lowest BCUT2D eigenvalue weighted by Gasteiger charge is -2.27. The number of carbonyl (C=O) groups excluding carboxylic acids is 1. The molecule has 2 aromatic carbocycles. The van der Waals surface area contributed by atoms with Crippen LogP contribution in [0.25, 0.3) is 0 Å². The number of likely N-dealkylation sites (tertiary alicyclic amines) is 1. The van der Waals surface area contributed by atoms with Crippen LogP contribution >= 0.6 is 0 Å². The fourth-order valence-electron chi connectivity index (χ4n) is 3.22. The molecule has 0 N–H and O–H groups in total. The molecule has 0 aliphatic carbocycles. The number of hydrogen-bond donors (Lipinski definition) is 0. The lowest BCUT2D eigenvalue weighted by molar-refractivity contribution is -0.128. The number of amides is 1. The van der Waals surface area contributed by atoms with Gasteiger partial charge in [-0.05, 0) is 17.7 Å². The maximum atomic E-state index is 13.1. The molecule has 3 rings (SSSR count). The summed E-state index contributed by atoms with van der Waals surface area (Å²) in [5, 5.41) is -0.797. The van der Waals surface area contributed by atoms with Crippen molar-refractivity contribution in [2.75, 3.05) is 6.54 Å². The van der Waals surface area contributed by atoms with Gasteiger partial charge in [0.15, 0.2) is 9.84 Å². The van der Waals surface area contributed by atoms with Gasteiger partial charge in [-0.25, -0.2) is 8.42 Å². The first-order valence-corrected chi connectivity index (χ1v) is 9.34. The molecule has 1 aliphatic heterocycles. The zero-order valence-electron chi connectivity index (χ0n) is 13.2. The first-order valence-electron chi connectivity index (χ1n) is 7.80. The van der Waals surface area contributed by atoms with Crippen molar-refractivity contribution in [2.45, 2.75) is 22.6 Å². The van der Waals surface area contributed by atoms with Crippen molar-refractivity contribution in [3.63, 3.8) is 0 Å². The number of nitrogens with zero attached hydrogens (tertiary/aromatic N) is 1. The summed E-state index contributed by atoms with van der Waals surface area (Å²) in [6.07, 6.45) is 1.62. The molecule has 5 heteroatoms. The van der Waals surface area contributed by atoms with Crippen molar-refractivity contribution in [1.29, 1.82) is 0 Å². The van der Waals surface area contributed by atoms with Crippen LogP contribution in [0.1, 0.15) is 18.0 Å². The summed E-state index contributed by atoms with van der Waals surface area (Å²) in [4.78, 5) is 14.3. The van der Waals surface area contributed by atoms with Crippen LogP contribution in [0.3, 0.4) is 0 Å². The van der Waals surface area contributed by atoms with Crippen molar-refractivity contribution < 1.29 is 13.2 Å². The van der Waals surface area contributed by atoms with Crippen molar-refractivity contribution in [3.05, 3.63) is 78.9 Å². The van der Waals surface area contributed by atoms with Gasteiger partial charge in [-0.3, -0.25) is 4.79 Å². The molecular weight excluding hydrogens is 322 g/mol. The van der Waals surface area contributed by atoms with Gasteiger partial charge in [-0.15, -0.1) is 6.58 Å². The zero-order chi connectivity index (χ0) is 17.2. The molecule has 0 spiro atoms. The van der Waals surface area contributed by atoms with E-state index < -0.39 is 21.1 Å². The average Bonchev–Trinajstić information content (AvgIpc) is 2.94. The van der Waals surface area contributed by atoms with Crippen LogP contribution in [0.4, 0.5) is 0 Å². The Morgan fingerprint density at radius 2 is 1.62 bits per heavy atom. The van der Waals surface area contributed by atoms with Crippen LogP contribution in [0.5, 0.6) is 0 Å². The Bertz CT molecular complexity index is 831. The van der Waals surface area contributed by atoms with E-state index in [1.807, 2.05) is 30.3 Å². The van der Waals surface area contributed by atoms with Gasteiger partial charge in [0.1, 0.15) is 0 Å². The average molecular weight is 341 g/mol. The Morgan fingerprint density at radius 3 is 2.21 bits per heavy atom. The highest BCUT2D eigenvalue weighted by Gasteiger charge is 2.47. The van der Waals surface area contributed by atoms with Gasteiger partial charge in [0.25, 0.3) is 0 Å². The molecule has 124 valence electrons. The smallest absolute Gasteiger partial charge is 0.224 e. The van der Waals surface area contributed by atoms with E-state index in [1.165, 1.54) is 0 Å². The van der Waals surface area contributed by atoms with Gasteiger partial charge in [0.05, 0.1) is 16.2 Å². The van der Waals surface area contributed by atoms with Crippen LogP contribution in [-0.2, 0) is 14.6 Å².